The van der Waals surface area contributed by atoms with E-state index in [0.717, 1.165) is 12.8 Å². The Morgan fingerprint density at radius 3 is 2.17 bits per heavy atom. The summed E-state index contributed by atoms with van der Waals surface area (Å²) in [5.74, 6) is 0.352. The van der Waals surface area contributed by atoms with Gasteiger partial charge in [0.2, 0.25) is 10.0 Å². The Morgan fingerprint density at radius 2 is 1.59 bits per heavy atom. The molecule has 3 N–H and O–H groups in total. The van der Waals surface area contributed by atoms with E-state index in [-0.39, 0.29) is 29.9 Å². The van der Waals surface area contributed by atoms with Crippen LogP contribution in [0.15, 0.2) is 59.5 Å². The van der Waals surface area contributed by atoms with Crippen LogP contribution < -0.4 is 14.9 Å². The van der Waals surface area contributed by atoms with Gasteiger partial charge in [0, 0.05) is 12.8 Å². The highest BCUT2D eigenvalue weighted by Gasteiger charge is 2.51. The van der Waals surface area contributed by atoms with Crippen LogP contribution in [0.5, 0.6) is 11.5 Å². The minimum Gasteiger partial charge on any atom is -0.457 e. The fraction of sp³-hybridized carbons (Fsp3) is 0.350. The average Bonchev–Trinajstić information content (AvgIpc) is 3.07. The summed E-state index contributed by atoms with van der Waals surface area (Å²) in [6.07, 6.45) is 1.44. The third-order valence-electron chi connectivity index (χ3n) is 5.33. The fourth-order valence-corrected chi connectivity index (χ4v) is 5.38. The first-order valence-corrected chi connectivity index (χ1v) is 10.9. The van der Waals surface area contributed by atoms with Gasteiger partial charge in [0.05, 0.1) is 17.1 Å². The lowest BCUT2D eigenvalue weighted by Gasteiger charge is -2.38. The lowest BCUT2D eigenvalue weighted by Crippen LogP contribution is -2.62. The molecule has 29 heavy (non-hydrogen) atoms. The summed E-state index contributed by atoms with van der Waals surface area (Å²) in [5, 5.41) is 9.20. The van der Waals surface area contributed by atoms with Crippen LogP contribution >= 0.6 is 0 Å². The van der Waals surface area contributed by atoms with E-state index >= 15 is 0 Å². The monoisotopic (exact) mass is 418 g/mol. The van der Waals surface area contributed by atoms with Crippen LogP contribution in [0.3, 0.4) is 0 Å². The van der Waals surface area contributed by atoms with Crippen molar-refractivity contribution in [3.8, 4) is 11.5 Å². The van der Waals surface area contributed by atoms with Crippen molar-refractivity contribution in [3.63, 3.8) is 0 Å². The Bertz CT molecular complexity index is 966. The number of para-hydroxylation sites is 1. The summed E-state index contributed by atoms with van der Waals surface area (Å²) in [7, 11) is -4.02. The first kappa shape index (κ1) is 19.8. The van der Waals surface area contributed by atoms with Crippen LogP contribution in [0, 0.1) is 0 Å². The van der Waals surface area contributed by atoms with Gasteiger partial charge in [-0.25, -0.2) is 13.9 Å². The highest BCUT2D eigenvalue weighted by Crippen LogP contribution is 2.39. The molecule has 1 amide bonds. The van der Waals surface area contributed by atoms with Crippen molar-refractivity contribution in [3.05, 3.63) is 54.6 Å². The molecule has 8 nitrogen and oxygen atoms in total. The molecule has 9 heteroatoms. The molecule has 154 valence electrons. The number of benzene rings is 2. The van der Waals surface area contributed by atoms with Gasteiger partial charge in [-0.15, -0.1) is 0 Å². The van der Waals surface area contributed by atoms with Gasteiger partial charge < -0.3 is 9.47 Å². The minimum atomic E-state index is -4.02. The second-order valence-electron chi connectivity index (χ2n) is 7.38. The SMILES string of the molecule is O=C(NO)[C@@]1(NS(=O)(=O)c2ccc(Oc3ccccc3)cc2)C[C@H]2CC[C@@H](C1)O2. The first-order valence-electron chi connectivity index (χ1n) is 9.37. The van der Waals surface area contributed by atoms with E-state index in [2.05, 4.69) is 4.72 Å². The lowest BCUT2D eigenvalue weighted by atomic mass is 9.87. The van der Waals surface area contributed by atoms with Crippen LogP contribution in [0.4, 0.5) is 0 Å². The number of nitrogens with one attached hydrogen (secondary N) is 2. The van der Waals surface area contributed by atoms with Gasteiger partial charge >= 0.3 is 0 Å². The fourth-order valence-electron chi connectivity index (χ4n) is 3.99. The Balaban J connectivity index is 1.55. The standard InChI is InChI=1S/C20H22N2O6S/c23-19(21-24)20(12-16-6-7-17(13-20)28-16)22-29(25,26)18-10-8-15(9-11-18)27-14-4-2-1-3-5-14/h1-5,8-11,16-17,22,24H,6-7,12-13H2,(H,21,23)/t16-,17+,20-. The van der Waals surface area contributed by atoms with Gasteiger partial charge in [-0.1, -0.05) is 18.2 Å². The van der Waals surface area contributed by atoms with Crippen molar-refractivity contribution >= 4 is 15.9 Å². The number of hydroxylamine groups is 1. The summed E-state index contributed by atoms with van der Waals surface area (Å²) in [6, 6.07) is 15.1. The number of fused-ring (bicyclic) bond motifs is 2. The number of hydrogen-bond donors (Lipinski definition) is 3. The van der Waals surface area contributed by atoms with Crippen LogP contribution in [0.25, 0.3) is 0 Å². The highest BCUT2D eigenvalue weighted by atomic mass is 32.2. The smallest absolute Gasteiger partial charge is 0.264 e. The number of hydrogen-bond acceptors (Lipinski definition) is 6. The third-order valence-corrected chi connectivity index (χ3v) is 6.88. The molecule has 2 aliphatic heterocycles. The van der Waals surface area contributed by atoms with E-state index < -0.39 is 21.5 Å². The van der Waals surface area contributed by atoms with Gasteiger partial charge in [0.25, 0.3) is 5.91 Å². The molecule has 2 aromatic rings. The Hall–Kier alpha value is -2.46. The van der Waals surface area contributed by atoms with E-state index in [1.165, 1.54) is 12.1 Å². The quantitative estimate of drug-likeness (QED) is 0.490. The molecule has 0 saturated carbocycles. The molecule has 2 fully saturated rings. The Kier molecular flexibility index (Phi) is 5.30. The maximum Gasteiger partial charge on any atom is 0.264 e. The Morgan fingerprint density at radius 1 is 1.00 bits per heavy atom. The van der Waals surface area contributed by atoms with Gasteiger partial charge in [0.1, 0.15) is 17.0 Å². The summed E-state index contributed by atoms with van der Waals surface area (Å²) in [6.45, 7) is 0. The molecule has 2 bridgehead atoms. The molecule has 0 unspecified atom stereocenters. The maximum atomic E-state index is 13.0. The van der Waals surface area contributed by atoms with Crippen molar-refractivity contribution in [1.29, 1.82) is 0 Å². The lowest BCUT2D eigenvalue weighted by molar-refractivity contribution is -0.142. The summed E-state index contributed by atoms with van der Waals surface area (Å²) in [5.41, 5.74) is 0.166. The molecule has 3 atom stereocenters. The van der Waals surface area contributed by atoms with Crippen LogP contribution in [0.1, 0.15) is 25.7 Å². The van der Waals surface area contributed by atoms with Gasteiger partial charge in [-0.2, -0.15) is 4.72 Å². The molecule has 0 aliphatic carbocycles. The zero-order chi connectivity index (χ0) is 20.5. The van der Waals surface area contributed by atoms with Crippen molar-refractivity contribution < 1.29 is 27.9 Å². The zero-order valence-corrected chi connectivity index (χ0v) is 16.4. The van der Waals surface area contributed by atoms with Crippen molar-refractivity contribution in [2.75, 3.05) is 0 Å². The summed E-state index contributed by atoms with van der Waals surface area (Å²) >= 11 is 0. The van der Waals surface area contributed by atoms with E-state index in [0.29, 0.717) is 11.5 Å². The van der Waals surface area contributed by atoms with Crippen LogP contribution in [-0.2, 0) is 19.6 Å². The third kappa shape index (κ3) is 4.13. The topological polar surface area (TPSA) is 114 Å². The average molecular weight is 418 g/mol. The molecule has 0 radical (unpaired) electrons. The number of ether oxygens (including phenoxy) is 2. The molecular weight excluding hydrogens is 396 g/mol. The number of carbonyl (C=O) groups is 1. The van der Waals surface area contributed by atoms with E-state index in [4.69, 9.17) is 9.47 Å². The molecule has 2 saturated heterocycles. The number of amides is 1. The molecule has 4 rings (SSSR count). The molecular formula is C20H22N2O6S. The zero-order valence-electron chi connectivity index (χ0n) is 15.6. The second-order valence-corrected chi connectivity index (χ2v) is 9.06. The number of rotatable bonds is 6. The van der Waals surface area contributed by atoms with Gasteiger partial charge in [0.15, 0.2) is 0 Å². The molecule has 2 heterocycles. The van der Waals surface area contributed by atoms with Crippen LogP contribution in [0.2, 0.25) is 0 Å². The summed E-state index contributed by atoms with van der Waals surface area (Å²) < 4.78 is 39.9. The van der Waals surface area contributed by atoms with Crippen molar-refractivity contribution in [2.24, 2.45) is 0 Å². The number of carbonyl (C=O) groups excluding carboxylic acids is 1. The van der Waals surface area contributed by atoms with E-state index in [9.17, 15) is 18.4 Å². The molecule has 0 aromatic heterocycles. The summed E-state index contributed by atoms with van der Waals surface area (Å²) in [4.78, 5) is 12.4. The van der Waals surface area contributed by atoms with E-state index in [1.807, 2.05) is 18.2 Å². The normalized spacial score (nSPS) is 26.1. The largest absolute Gasteiger partial charge is 0.457 e. The van der Waals surface area contributed by atoms with Gasteiger partial charge in [-0.05, 0) is 49.2 Å². The highest BCUT2D eigenvalue weighted by molar-refractivity contribution is 7.89. The predicted molar refractivity (Wildman–Crippen MR) is 103 cm³/mol. The molecule has 2 aromatic carbocycles. The molecule has 2 aliphatic rings. The predicted octanol–water partition coefficient (Wildman–Crippen LogP) is 2.34. The van der Waals surface area contributed by atoms with Gasteiger partial charge in [-0.3, -0.25) is 10.0 Å². The van der Waals surface area contributed by atoms with Crippen molar-refractivity contribution in [2.45, 2.75) is 48.3 Å². The Labute approximate surface area is 168 Å². The second kappa shape index (κ2) is 7.75. The van der Waals surface area contributed by atoms with Crippen molar-refractivity contribution in [1.82, 2.24) is 10.2 Å². The number of sulfonamides is 1. The first-order chi connectivity index (χ1) is 13.9. The maximum absolute atomic E-state index is 13.0. The van der Waals surface area contributed by atoms with Crippen LogP contribution in [-0.4, -0.2) is 37.3 Å². The molecule has 0 spiro atoms. The minimum absolute atomic E-state index is 0.00173. The van der Waals surface area contributed by atoms with E-state index in [1.54, 1.807) is 29.7 Å².